The third kappa shape index (κ3) is 9.20. The molecule has 0 aliphatic carbocycles. The molecule has 10 nitrogen and oxygen atoms in total. The predicted molar refractivity (Wildman–Crippen MR) is 164 cm³/mol. The van der Waals surface area contributed by atoms with Crippen LogP contribution in [0, 0.1) is 11.8 Å². The van der Waals surface area contributed by atoms with Crippen LogP contribution in [-0.4, -0.2) is 72.4 Å². The number of aliphatic hydroxyl groups is 1. The van der Waals surface area contributed by atoms with E-state index in [9.17, 15) is 24.9 Å². The summed E-state index contributed by atoms with van der Waals surface area (Å²) < 4.78 is 16.9. The summed E-state index contributed by atoms with van der Waals surface area (Å²) in [7, 11) is 3.01. The molecule has 0 aromatic heterocycles. The number of allylic oxidation sites excluding steroid dienone is 2. The molecule has 0 spiro atoms. The zero-order chi connectivity index (χ0) is 31.6. The molecule has 0 radical (unpaired) electrons. The minimum atomic E-state index is -0.902. The molecule has 1 aromatic carbocycles. The maximum Gasteiger partial charge on any atom is 0.303 e. The number of carbonyl (C=O) groups excluding carboxylic acids is 2. The number of phenolic OH excluding ortho intramolecular Hbond substituents is 2. The summed E-state index contributed by atoms with van der Waals surface area (Å²) in [5.41, 5.74) is 1.81. The summed E-state index contributed by atoms with van der Waals surface area (Å²) in [4.78, 5) is 25.0. The van der Waals surface area contributed by atoms with Gasteiger partial charge in [0.05, 0.1) is 23.6 Å². The van der Waals surface area contributed by atoms with Crippen LogP contribution in [0.5, 0.6) is 11.5 Å². The van der Waals surface area contributed by atoms with Crippen molar-refractivity contribution in [2.24, 2.45) is 11.8 Å². The van der Waals surface area contributed by atoms with Gasteiger partial charge in [0.2, 0.25) is 0 Å². The second kappa shape index (κ2) is 16.1. The van der Waals surface area contributed by atoms with E-state index in [0.717, 1.165) is 0 Å². The number of benzene rings is 1. The highest BCUT2D eigenvalue weighted by Crippen LogP contribution is 2.42. The Morgan fingerprint density at radius 3 is 2.50 bits per heavy atom. The fraction of sp³-hybridized carbons (Fsp3) is 0.500. The topological polar surface area (TPSA) is 147 Å². The van der Waals surface area contributed by atoms with Crippen LogP contribution in [0.1, 0.15) is 46.6 Å². The molecule has 0 fully saturated rings. The lowest BCUT2D eigenvalue weighted by atomic mass is 9.87. The van der Waals surface area contributed by atoms with Crippen molar-refractivity contribution in [3.63, 3.8) is 0 Å². The Kier molecular flexibility index (Phi) is 13.3. The molecule has 0 unspecified atom stereocenters. The highest BCUT2D eigenvalue weighted by molar-refractivity contribution is 6.04. The van der Waals surface area contributed by atoms with Crippen LogP contribution in [0.15, 0.2) is 54.2 Å². The zero-order valence-corrected chi connectivity index (χ0v) is 25.6. The van der Waals surface area contributed by atoms with Crippen molar-refractivity contribution in [3.05, 3.63) is 59.7 Å². The Morgan fingerprint density at radius 1 is 1.21 bits per heavy atom. The van der Waals surface area contributed by atoms with E-state index in [-0.39, 0.29) is 29.0 Å². The van der Waals surface area contributed by atoms with Gasteiger partial charge in [0, 0.05) is 50.8 Å². The predicted octanol–water partition coefficient (Wildman–Crippen LogP) is 4.62. The monoisotopic (exact) mass is 586 g/mol. The molecule has 6 atom stereocenters. The number of aliphatic hydroxyl groups excluding tert-OH is 1. The number of hydrogen-bond acceptors (Lipinski definition) is 9. The number of hydrogen-bond donors (Lipinski definition) is 5. The first-order valence-corrected chi connectivity index (χ1v) is 14.0. The number of nitrogens with one attached hydrogen (secondary N) is 2. The van der Waals surface area contributed by atoms with Crippen LogP contribution in [0.3, 0.4) is 0 Å². The molecule has 2 bridgehead atoms. The summed E-state index contributed by atoms with van der Waals surface area (Å²) in [6.45, 7) is 12.6. The van der Waals surface area contributed by atoms with Crippen molar-refractivity contribution < 1.29 is 39.1 Å². The van der Waals surface area contributed by atoms with E-state index in [0.29, 0.717) is 41.8 Å². The first-order chi connectivity index (χ1) is 19.8. The molecule has 232 valence electrons. The minimum Gasteiger partial charge on any atom is -0.506 e. The summed E-state index contributed by atoms with van der Waals surface area (Å²) in [5.74, 6) is -1.80. The van der Waals surface area contributed by atoms with Crippen molar-refractivity contribution in [1.29, 1.82) is 0 Å². The van der Waals surface area contributed by atoms with E-state index >= 15 is 0 Å². The van der Waals surface area contributed by atoms with Crippen molar-refractivity contribution in [3.8, 4) is 11.5 Å². The van der Waals surface area contributed by atoms with E-state index in [2.05, 4.69) is 17.2 Å². The summed E-state index contributed by atoms with van der Waals surface area (Å²) in [6, 6.07) is 1.29. The average molecular weight is 587 g/mol. The first kappa shape index (κ1) is 34.6. The van der Waals surface area contributed by atoms with Gasteiger partial charge in [0.25, 0.3) is 5.91 Å². The highest BCUT2D eigenvalue weighted by Gasteiger charge is 2.30. The highest BCUT2D eigenvalue weighted by atomic mass is 16.6. The lowest BCUT2D eigenvalue weighted by Gasteiger charge is -2.30. The van der Waals surface area contributed by atoms with E-state index in [1.54, 1.807) is 38.2 Å². The molecule has 5 N–H and O–H groups in total. The second-order valence-corrected chi connectivity index (χ2v) is 10.8. The molecule has 0 saturated heterocycles. The smallest absolute Gasteiger partial charge is 0.303 e. The summed E-state index contributed by atoms with van der Waals surface area (Å²) in [5, 5.41) is 39.1. The van der Waals surface area contributed by atoms with Crippen molar-refractivity contribution in [2.75, 3.05) is 31.4 Å². The average Bonchev–Trinajstić information content (AvgIpc) is 2.94. The maximum atomic E-state index is 13.0. The van der Waals surface area contributed by atoms with Gasteiger partial charge in [-0.3, -0.25) is 9.59 Å². The van der Waals surface area contributed by atoms with Crippen LogP contribution in [-0.2, 0) is 30.2 Å². The standard InChI is InChI=1S/C32H46N2O8/c1-9-13-33-28-23-14-18(2)15-27(41-8)29(37)20(4)16-21(5)31(42-22(6)35)26(40-7)12-10-11-19(3)32(39)34-24(30(23)38)17-25(28)36/h9-12,16-18,20,26-27,29,31,33,36-38H,1,13-15H2,2-8H3,(H,34,39)/b12-10-,19-11+,21-16+/t18-,20+,26+,27+,29-,31+/m1/s1. The second-order valence-electron chi connectivity index (χ2n) is 10.8. The van der Waals surface area contributed by atoms with Crippen molar-refractivity contribution >= 4 is 23.3 Å². The Balaban J connectivity index is 2.67. The third-order valence-electron chi connectivity index (χ3n) is 7.30. The van der Waals surface area contributed by atoms with Crippen molar-refractivity contribution in [1.82, 2.24) is 0 Å². The van der Waals surface area contributed by atoms with Gasteiger partial charge in [-0.2, -0.15) is 0 Å². The molecular formula is C32H46N2O8. The fourth-order valence-corrected chi connectivity index (χ4v) is 5.04. The van der Waals surface area contributed by atoms with Crippen LogP contribution >= 0.6 is 0 Å². The van der Waals surface area contributed by atoms with Crippen LogP contribution in [0.25, 0.3) is 0 Å². The third-order valence-corrected chi connectivity index (χ3v) is 7.30. The number of methoxy groups -OCH3 is 2. The van der Waals surface area contributed by atoms with E-state index in [1.807, 2.05) is 19.9 Å². The number of fused-ring (bicyclic) bond motifs is 2. The van der Waals surface area contributed by atoms with Gasteiger partial charge in [-0.1, -0.05) is 44.2 Å². The lowest BCUT2D eigenvalue weighted by molar-refractivity contribution is -0.149. The molecule has 10 heteroatoms. The Labute approximate surface area is 248 Å². The molecule has 1 aliphatic rings. The number of aromatic hydroxyl groups is 2. The number of amides is 1. The Bertz CT molecular complexity index is 1210. The first-order valence-electron chi connectivity index (χ1n) is 14.0. The van der Waals surface area contributed by atoms with Gasteiger partial charge < -0.3 is 40.2 Å². The Morgan fingerprint density at radius 2 is 1.90 bits per heavy atom. The van der Waals surface area contributed by atoms with Gasteiger partial charge >= 0.3 is 5.97 Å². The van der Waals surface area contributed by atoms with Crippen molar-refractivity contribution in [2.45, 2.75) is 71.9 Å². The van der Waals surface area contributed by atoms with Crippen LogP contribution < -0.4 is 10.6 Å². The van der Waals surface area contributed by atoms with E-state index < -0.39 is 36.3 Å². The van der Waals surface area contributed by atoms with Crippen LogP contribution in [0.2, 0.25) is 0 Å². The summed E-state index contributed by atoms with van der Waals surface area (Å²) in [6.07, 6.45) is 6.11. The SMILES string of the molecule is C=CCNc1c(O)cc2c(O)c1C[C@@H](C)C[C@H](OC)[C@H](O)[C@@H](C)/C=C(\C)[C@H](OC(C)=O)[C@@H](OC)/C=C\C=C(/C)C(=O)N2. The van der Waals surface area contributed by atoms with Gasteiger partial charge in [-0.15, -0.1) is 6.58 Å². The summed E-state index contributed by atoms with van der Waals surface area (Å²) >= 11 is 0. The van der Waals surface area contributed by atoms with Gasteiger partial charge in [-0.05, 0) is 38.2 Å². The van der Waals surface area contributed by atoms with E-state index in [4.69, 9.17) is 14.2 Å². The quantitative estimate of drug-likeness (QED) is 0.139. The molecule has 2 rings (SSSR count). The number of anilines is 2. The molecule has 1 aliphatic heterocycles. The van der Waals surface area contributed by atoms with Gasteiger partial charge in [0.15, 0.2) is 6.10 Å². The zero-order valence-electron chi connectivity index (χ0n) is 25.6. The van der Waals surface area contributed by atoms with Gasteiger partial charge in [0.1, 0.15) is 17.6 Å². The number of phenols is 2. The number of rotatable bonds is 6. The molecule has 1 heterocycles. The fourth-order valence-electron chi connectivity index (χ4n) is 5.04. The Hall–Kier alpha value is -3.60. The van der Waals surface area contributed by atoms with E-state index in [1.165, 1.54) is 27.2 Å². The minimum absolute atomic E-state index is 0.0555. The normalized spacial score (nSPS) is 29.3. The molecular weight excluding hydrogens is 540 g/mol. The number of esters is 1. The maximum absolute atomic E-state index is 13.0. The van der Waals surface area contributed by atoms with Gasteiger partial charge in [-0.25, -0.2) is 0 Å². The molecule has 42 heavy (non-hydrogen) atoms. The lowest BCUT2D eigenvalue weighted by Crippen LogP contribution is -2.36. The number of ether oxygens (including phenoxy) is 3. The molecule has 1 aromatic rings. The number of carbonyl (C=O) groups is 2. The molecule has 1 amide bonds. The van der Waals surface area contributed by atoms with Crippen LogP contribution in [0.4, 0.5) is 11.4 Å². The largest absolute Gasteiger partial charge is 0.506 e. The molecule has 0 saturated carbocycles.